The van der Waals surface area contributed by atoms with Crippen LogP contribution in [0.3, 0.4) is 0 Å². The summed E-state index contributed by atoms with van der Waals surface area (Å²) in [5.41, 5.74) is 0.146. The second-order valence-electron chi connectivity index (χ2n) is 5.15. The molecule has 0 saturated carbocycles. The molecular weight excluding hydrogens is 321 g/mol. The molecular formula is C15H12FN3O5. The Morgan fingerprint density at radius 2 is 2.08 bits per heavy atom. The molecule has 0 aliphatic carbocycles. The highest BCUT2D eigenvalue weighted by Gasteiger charge is 2.35. The standard InChI is InChI=1S/C15H12FN3O5/c16-9-3-1-2-4-11(9)18-8-7-10(15(18)21)17-14(20)12-5-6-13(24-12)19(22)23/h1-6,10H,7-8H2,(H,17,20)/t10-/m1/s1. The van der Waals surface area contributed by atoms with Gasteiger partial charge < -0.3 is 14.6 Å². The molecule has 1 aliphatic heterocycles. The van der Waals surface area contributed by atoms with E-state index in [1.54, 1.807) is 6.07 Å². The Morgan fingerprint density at radius 3 is 2.75 bits per heavy atom. The monoisotopic (exact) mass is 333 g/mol. The number of furan rings is 1. The number of carbonyl (C=O) groups excluding carboxylic acids is 2. The van der Waals surface area contributed by atoms with E-state index in [0.29, 0.717) is 6.42 Å². The van der Waals surface area contributed by atoms with Gasteiger partial charge in [0.05, 0.1) is 11.8 Å². The second kappa shape index (κ2) is 6.11. The third kappa shape index (κ3) is 2.83. The van der Waals surface area contributed by atoms with Gasteiger partial charge in [0.1, 0.15) is 16.8 Å². The molecule has 3 rings (SSSR count). The predicted molar refractivity (Wildman–Crippen MR) is 80.0 cm³/mol. The molecule has 0 spiro atoms. The van der Waals surface area contributed by atoms with Gasteiger partial charge in [-0.2, -0.15) is 0 Å². The van der Waals surface area contributed by atoms with Crippen molar-refractivity contribution < 1.29 is 23.3 Å². The summed E-state index contributed by atoms with van der Waals surface area (Å²) in [5, 5.41) is 13.0. The largest absolute Gasteiger partial charge is 0.433 e. The van der Waals surface area contributed by atoms with Gasteiger partial charge in [-0.25, -0.2) is 4.39 Å². The average Bonchev–Trinajstić information content (AvgIpc) is 3.17. The number of halogens is 1. The van der Waals surface area contributed by atoms with Crippen molar-refractivity contribution in [1.29, 1.82) is 0 Å². The first-order chi connectivity index (χ1) is 11.5. The molecule has 1 aromatic carbocycles. The third-order valence-corrected chi connectivity index (χ3v) is 3.65. The van der Waals surface area contributed by atoms with Crippen molar-refractivity contribution in [2.75, 3.05) is 11.4 Å². The summed E-state index contributed by atoms with van der Waals surface area (Å²) in [7, 11) is 0. The minimum absolute atomic E-state index is 0.146. The van der Waals surface area contributed by atoms with Crippen LogP contribution >= 0.6 is 0 Å². The highest BCUT2D eigenvalue weighted by molar-refractivity contribution is 6.03. The minimum Gasteiger partial charge on any atom is -0.395 e. The van der Waals surface area contributed by atoms with Gasteiger partial charge in [0.25, 0.3) is 5.91 Å². The fourth-order valence-corrected chi connectivity index (χ4v) is 2.50. The smallest absolute Gasteiger partial charge is 0.395 e. The number of nitro groups is 1. The van der Waals surface area contributed by atoms with Crippen LogP contribution in [0.25, 0.3) is 0 Å². The third-order valence-electron chi connectivity index (χ3n) is 3.65. The summed E-state index contributed by atoms with van der Waals surface area (Å²) < 4.78 is 18.6. The van der Waals surface area contributed by atoms with Crippen LogP contribution in [0.15, 0.2) is 40.8 Å². The first-order valence-corrected chi connectivity index (χ1v) is 7.08. The molecule has 9 heteroatoms. The van der Waals surface area contributed by atoms with Crippen LogP contribution in [-0.4, -0.2) is 29.3 Å². The fraction of sp³-hybridized carbons (Fsp3) is 0.200. The lowest BCUT2D eigenvalue weighted by atomic mass is 10.2. The van der Waals surface area contributed by atoms with E-state index in [1.807, 2.05) is 0 Å². The van der Waals surface area contributed by atoms with Gasteiger partial charge in [0, 0.05) is 6.54 Å². The zero-order valence-electron chi connectivity index (χ0n) is 12.3. The van der Waals surface area contributed by atoms with Crippen molar-refractivity contribution in [3.63, 3.8) is 0 Å². The molecule has 1 atom stereocenters. The number of anilines is 1. The van der Waals surface area contributed by atoms with E-state index in [-0.39, 0.29) is 18.0 Å². The number of hydrogen-bond donors (Lipinski definition) is 1. The van der Waals surface area contributed by atoms with E-state index < -0.39 is 34.5 Å². The van der Waals surface area contributed by atoms with E-state index in [9.17, 15) is 24.1 Å². The number of rotatable bonds is 4. The topological polar surface area (TPSA) is 106 Å². The fourth-order valence-electron chi connectivity index (χ4n) is 2.50. The predicted octanol–water partition coefficient (Wildman–Crippen LogP) is 1.86. The number of amides is 2. The highest BCUT2D eigenvalue weighted by atomic mass is 19.1. The van der Waals surface area contributed by atoms with Crippen molar-refractivity contribution in [3.8, 4) is 0 Å². The molecule has 0 bridgehead atoms. The molecule has 1 fully saturated rings. The van der Waals surface area contributed by atoms with Crippen LogP contribution in [-0.2, 0) is 4.79 Å². The maximum atomic E-state index is 13.8. The first-order valence-electron chi connectivity index (χ1n) is 7.08. The van der Waals surface area contributed by atoms with E-state index in [2.05, 4.69) is 5.32 Å². The van der Waals surface area contributed by atoms with Gasteiger partial charge >= 0.3 is 5.88 Å². The number of nitrogens with zero attached hydrogens (tertiary/aromatic N) is 2. The molecule has 0 unspecified atom stereocenters. The van der Waals surface area contributed by atoms with Crippen molar-refractivity contribution >= 4 is 23.4 Å². The van der Waals surface area contributed by atoms with Crippen LogP contribution in [0, 0.1) is 15.9 Å². The molecule has 2 heterocycles. The minimum atomic E-state index is -0.846. The van der Waals surface area contributed by atoms with Crippen LogP contribution in [0.1, 0.15) is 17.0 Å². The Labute approximate surface area is 135 Å². The average molecular weight is 333 g/mol. The van der Waals surface area contributed by atoms with E-state index in [0.717, 1.165) is 12.1 Å². The van der Waals surface area contributed by atoms with Crippen molar-refractivity contribution in [1.82, 2.24) is 5.32 Å². The Balaban J connectivity index is 1.70. The van der Waals surface area contributed by atoms with Crippen molar-refractivity contribution in [2.45, 2.75) is 12.5 Å². The summed E-state index contributed by atoms with van der Waals surface area (Å²) >= 11 is 0. The Kier molecular flexibility index (Phi) is 3.98. The van der Waals surface area contributed by atoms with E-state index in [1.165, 1.54) is 23.1 Å². The molecule has 2 amide bonds. The molecule has 1 saturated heterocycles. The maximum Gasteiger partial charge on any atom is 0.433 e. The summed E-state index contributed by atoms with van der Waals surface area (Å²) in [6.45, 7) is 0.253. The van der Waals surface area contributed by atoms with Gasteiger partial charge in [-0.15, -0.1) is 0 Å². The lowest BCUT2D eigenvalue weighted by Gasteiger charge is -2.17. The number of para-hydroxylation sites is 1. The van der Waals surface area contributed by atoms with Crippen LogP contribution in [0.5, 0.6) is 0 Å². The lowest BCUT2D eigenvalue weighted by Crippen LogP contribution is -2.41. The van der Waals surface area contributed by atoms with E-state index in [4.69, 9.17) is 4.42 Å². The zero-order chi connectivity index (χ0) is 17.3. The quantitative estimate of drug-likeness (QED) is 0.679. The van der Waals surface area contributed by atoms with Crippen molar-refractivity contribution in [2.24, 2.45) is 0 Å². The zero-order valence-corrected chi connectivity index (χ0v) is 12.3. The molecule has 0 radical (unpaired) electrons. The molecule has 1 N–H and O–H groups in total. The number of nitrogens with one attached hydrogen (secondary N) is 1. The Morgan fingerprint density at radius 1 is 1.33 bits per heavy atom. The second-order valence-corrected chi connectivity index (χ2v) is 5.15. The summed E-state index contributed by atoms with van der Waals surface area (Å²) in [6, 6.07) is 7.21. The van der Waals surface area contributed by atoms with Gasteiger partial charge in [-0.3, -0.25) is 19.7 Å². The SMILES string of the molecule is O=C(N[C@@H]1CCN(c2ccccc2F)C1=O)c1ccc([N+](=O)[O-])o1. The Hall–Kier alpha value is -3.23. The van der Waals surface area contributed by atoms with Gasteiger partial charge in [0.2, 0.25) is 5.91 Å². The molecule has 24 heavy (non-hydrogen) atoms. The number of hydrogen-bond acceptors (Lipinski definition) is 5. The molecule has 2 aromatic rings. The van der Waals surface area contributed by atoms with Gasteiger partial charge in [-0.1, -0.05) is 12.1 Å². The normalized spacial score (nSPS) is 17.1. The summed E-state index contributed by atoms with van der Waals surface area (Å²) in [6.07, 6.45) is 0.293. The molecule has 124 valence electrons. The summed E-state index contributed by atoms with van der Waals surface area (Å²) in [4.78, 5) is 35.4. The molecule has 8 nitrogen and oxygen atoms in total. The van der Waals surface area contributed by atoms with Gasteiger partial charge in [-0.05, 0) is 24.6 Å². The maximum absolute atomic E-state index is 13.8. The first kappa shape index (κ1) is 15.7. The van der Waals surface area contributed by atoms with Crippen LogP contribution in [0.2, 0.25) is 0 Å². The number of benzene rings is 1. The molecule has 1 aliphatic rings. The van der Waals surface area contributed by atoms with Crippen molar-refractivity contribution in [3.05, 3.63) is 58.1 Å². The highest BCUT2D eigenvalue weighted by Crippen LogP contribution is 2.24. The summed E-state index contributed by atoms with van der Waals surface area (Å²) in [5.74, 6) is -2.55. The van der Waals surface area contributed by atoms with Crippen LogP contribution < -0.4 is 10.2 Å². The Bertz CT molecular complexity index is 819. The number of carbonyl (C=O) groups is 2. The lowest BCUT2D eigenvalue weighted by molar-refractivity contribution is -0.402. The molecule has 1 aromatic heterocycles. The van der Waals surface area contributed by atoms with Gasteiger partial charge in [0.15, 0.2) is 5.76 Å². The van der Waals surface area contributed by atoms with E-state index >= 15 is 0 Å². The van der Waals surface area contributed by atoms with Crippen LogP contribution in [0.4, 0.5) is 16.0 Å².